The Bertz CT molecular complexity index is 462. The van der Waals surface area contributed by atoms with E-state index < -0.39 is 5.97 Å². The van der Waals surface area contributed by atoms with Crippen molar-refractivity contribution in [3.8, 4) is 0 Å². The second-order valence-corrected chi connectivity index (χ2v) is 5.55. The predicted octanol–water partition coefficient (Wildman–Crippen LogP) is 0.207. The molecule has 118 valence electrons. The molecule has 0 N–H and O–H groups in total. The first-order chi connectivity index (χ1) is 10.1. The lowest BCUT2D eigenvalue weighted by molar-refractivity contribution is -0.0410. The fourth-order valence-corrected chi connectivity index (χ4v) is 2.44. The number of ether oxygens (including phenoxy) is 2. The highest BCUT2D eigenvalue weighted by Crippen LogP contribution is 2.10. The van der Waals surface area contributed by atoms with E-state index in [1.165, 1.54) is 4.68 Å². The van der Waals surface area contributed by atoms with Gasteiger partial charge in [-0.2, -0.15) is 0 Å². The van der Waals surface area contributed by atoms with Gasteiger partial charge in [0.2, 0.25) is 0 Å². The van der Waals surface area contributed by atoms with Crippen LogP contribution in [0.5, 0.6) is 0 Å². The van der Waals surface area contributed by atoms with Crippen LogP contribution in [0, 0.1) is 5.92 Å². The van der Waals surface area contributed by atoms with Gasteiger partial charge in [0.05, 0.1) is 25.9 Å². The van der Waals surface area contributed by atoms with Crippen LogP contribution in [0.25, 0.3) is 0 Å². The molecule has 8 nitrogen and oxygen atoms in total. The average Bonchev–Trinajstić information content (AvgIpc) is 2.87. The van der Waals surface area contributed by atoms with E-state index in [0.29, 0.717) is 25.7 Å². The van der Waals surface area contributed by atoms with Crippen LogP contribution in [0.3, 0.4) is 0 Å². The summed E-state index contributed by atoms with van der Waals surface area (Å²) in [6.07, 6.45) is -0.0193. The number of hydrogen-bond donors (Lipinski definition) is 0. The van der Waals surface area contributed by atoms with E-state index in [0.717, 1.165) is 19.6 Å². The summed E-state index contributed by atoms with van der Waals surface area (Å²) in [5, 5.41) is 11.1. The third-order valence-electron chi connectivity index (χ3n) is 3.21. The molecule has 21 heavy (non-hydrogen) atoms. The van der Waals surface area contributed by atoms with Crippen molar-refractivity contribution in [1.29, 1.82) is 0 Å². The van der Waals surface area contributed by atoms with Gasteiger partial charge in [-0.15, -0.1) is 5.10 Å². The molecular formula is C13H23N5O3. The monoisotopic (exact) mass is 297 g/mol. The Morgan fingerprint density at radius 2 is 2.33 bits per heavy atom. The van der Waals surface area contributed by atoms with E-state index in [1.807, 2.05) is 0 Å². The standard InChI is InChI=1S/C13H23N5O3/c1-4-20-13(19)12-14-15-16-18(12)9-11-8-17(5-6-21-11)7-10(2)3/h10-11H,4-9H2,1-3H3. The number of tetrazole rings is 1. The molecule has 1 aliphatic heterocycles. The summed E-state index contributed by atoms with van der Waals surface area (Å²) >= 11 is 0. The number of rotatable bonds is 6. The molecule has 1 saturated heterocycles. The molecule has 0 aromatic carbocycles. The predicted molar refractivity (Wildman–Crippen MR) is 74.8 cm³/mol. The van der Waals surface area contributed by atoms with E-state index in [1.54, 1.807) is 6.92 Å². The molecule has 0 amide bonds. The maximum Gasteiger partial charge on any atom is 0.378 e. The highest BCUT2D eigenvalue weighted by atomic mass is 16.5. The normalized spacial score (nSPS) is 19.9. The minimum atomic E-state index is -0.502. The Morgan fingerprint density at radius 1 is 1.52 bits per heavy atom. The van der Waals surface area contributed by atoms with Gasteiger partial charge in [-0.3, -0.25) is 4.90 Å². The summed E-state index contributed by atoms with van der Waals surface area (Å²) in [5.41, 5.74) is 0. The topological polar surface area (TPSA) is 82.4 Å². The number of esters is 1. The maximum atomic E-state index is 11.7. The lowest BCUT2D eigenvalue weighted by Gasteiger charge is -2.33. The molecule has 0 aliphatic carbocycles. The molecular weight excluding hydrogens is 274 g/mol. The van der Waals surface area contributed by atoms with Crippen LogP contribution in [-0.2, 0) is 16.0 Å². The largest absolute Gasteiger partial charge is 0.460 e. The van der Waals surface area contributed by atoms with E-state index in [9.17, 15) is 4.79 Å². The van der Waals surface area contributed by atoms with Gasteiger partial charge in [0.1, 0.15) is 0 Å². The minimum absolute atomic E-state index is 0.0193. The number of carbonyl (C=O) groups excluding carboxylic acids is 1. The van der Waals surface area contributed by atoms with E-state index in [-0.39, 0.29) is 11.9 Å². The van der Waals surface area contributed by atoms with E-state index in [2.05, 4.69) is 34.3 Å². The Labute approximate surface area is 124 Å². The molecule has 1 aromatic heterocycles. The van der Waals surface area contributed by atoms with Crippen LogP contribution >= 0.6 is 0 Å². The molecule has 1 atom stereocenters. The van der Waals surface area contributed by atoms with Crippen molar-refractivity contribution in [3.63, 3.8) is 0 Å². The zero-order valence-electron chi connectivity index (χ0n) is 12.9. The lowest BCUT2D eigenvalue weighted by atomic mass is 10.2. The Hall–Kier alpha value is -1.54. The zero-order chi connectivity index (χ0) is 15.2. The first-order valence-electron chi connectivity index (χ1n) is 7.37. The Morgan fingerprint density at radius 3 is 3.05 bits per heavy atom. The zero-order valence-corrected chi connectivity index (χ0v) is 12.9. The van der Waals surface area contributed by atoms with Crippen LogP contribution < -0.4 is 0 Å². The van der Waals surface area contributed by atoms with Gasteiger partial charge < -0.3 is 9.47 Å². The molecule has 2 rings (SSSR count). The van der Waals surface area contributed by atoms with E-state index in [4.69, 9.17) is 9.47 Å². The van der Waals surface area contributed by atoms with E-state index >= 15 is 0 Å². The quantitative estimate of drug-likeness (QED) is 0.694. The van der Waals surface area contributed by atoms with Crippen molar-refractivity contribution in [1.82, 2.24) is 25.1 Å². The van der Waals surface area contributed by atoms with Gasteiger partial charge in [-0.05, 0) is 23.3 Å². The van der Waals surface area contributed by atoms with Crippen molar-refractivity contribution < 1.29 is 14.3 Å². The fourth-order valence-electron chi connectivity index (χ4n) is 2.44. The average molecular weight is 297 g/mol. The van der Waals surface area contributed by atoms with Gasteiger partial charge in [0.25, 0.3) is 5.82 Å². The number of carbonyl (C=O) groups is 1. The highest BCUT2D eigenvalue weighted by Gasteiger charge is 2.24. The Kier molecular flexibility index (Phi) is 5.63. The molecule has 0 radical (unpaired) electrons. The summed E-state index contributed by atoms with van der Waals surface area (Å²) in [5.74, 6) is 0.241. The molecule has 1 unspecified atom stereocenters. The van der Waals surface area contributed by atoms with Crippen LogP contribution in [-0.4, -0.2) is 70.0 Å². The van der Waals surface area contributed by atoms with Gasteiger partial charge in [-0.25, -0.2) is 9.48 Å². The summed E-state index contributed by atoms with van der Waals surface area (Å²) < 4.78 is 12.1. The van der Waals surface area contributed by atoms with Gasteiger partial charge in [-0.1, -0.05) is 13.8 Å². The van der Waals surface area contributed by atoms with Crippen LogP contribution in [0.4, 0.5) is 0 Å². The van der Waals surface area contributed by atoms with Crippen molar-refractivity contribution >= 4 is 5.97 Å². The third-order valence-corrected chi connectivity index (χ3v) is 3.21. The number of hydrogen-bond acceptors (Lipinski definition) is 7. The summed E-state index contributed by atoms with van der Waals surface area (Å²) in [6, 6.07) is 0. The fraction of sp³-hybridized carbons (Fsp3) is 0.846. The van der Waals surface area contributed by atoms with Crippen LogP contribution in [0.2, 0.25) is 0 Å². The second kappa shape index (κ2) is 7.46. The molecule has 1 fully saturated rings. The molecule has 8 heteroatoms. The van der Waals surface area contributed by atoms with Crippen molar-refractivity contribution in [2.24, 2.45) is 5.92 Å². The third kappa shape index (κ3) is 4.47. The summed E-state index contributed by atoms with van der Waals surface area (Å²) in [4.78, 5) is 14.1. The van der Waals surface area contributed by atoms with Crippen molar-refractivity contribution in [2.75, 3.05) is 32.8 Å². The molecule has 1 aliphatic rings. The summed E-state index contributed by atoms with van der Waals surface area (Å²) in [7, 11) is 0. The number of aromatic nitrogens is 4. The first-order valence-corrected chi connectivity index (χ1v) is 7.37. The second-order valence-electron chi connectivity index (χ2n) is 5.55. The van der Waals surface area contributed by atoms with Crippen molar-refractivity contribution in [2.45, 2.75) is 33.4 Å². The summed E-state index contributed by atoms with van der Waals surface area (Å²) in [6.45, 7) is 10.4. The van der Waals surface area contributed by atoms with Gasteiger partial charge >= 0.3 is 5.97 Å². The van der Waals surface area contributed by atoms with Crippen molar-refractivity contribution in [3.05, 3.63) is 5.82 Å². The smallest absolute Gasteiger partial charge is 0.378 e. The SMILES string of the molecule is CCOC(=O)c1nnnn1CC1CN(CC(C)C)CCO1. The minimum Gasteiger partial charge on any atom is -0.460 e. The molecule has 0 bridgehead atoms. The number of morpholine rings is 1. The molecule has 1 aromatic rings. The molecule has 0 saturated carbocycles. The van der Waals surface area contributed by atoms with Gasteiger partial charge in [0.15, 0.2) is 0 Å². The highest BCUT2D eigenvalue weighted by molar-refractivity contribution is 5.85. The van der Waals surface area contributed by atoms with Gasteiger partial charge in [0, 0.05) is 19.6 Å². The molecule has 2 heterocycles. The van der Waals surface area contributed by atoms with Crippen LogP contribution in [0.15, 0.2) is 0 Å². The Balaban J connectivity index is 1.95. The maximum absolute atomic E-state index is 11.7. The molecule has 0 spiro atoms. The van der Waals surface area contributed by atoms with Crippen LogP contribution in [0.1, 0.15) is 31.4 Å². The lowest BCUT2D eigenvalue weighted by Crippen LogP contribution is -2.45. The number of nitrogens with zero attached hydrogens (tertiary/aromatic N) is 5. The first kappa shape index (κ1) is 15.8.